The van der Waals surface area contributed by atoms with Gasteiger partial charge in [0, 0.05) is 5.56 Å². The van der Waals surface area contributed by atoms with Gasteiger partial charge in [-0.3, -0.25) is 0 Å². The number of benzene rings is 2. The van der Waals surface area contributed by atoms with Crippen LogP contribution in [0.15, 0.2) is 54.6 Å². The summed E-state index contributed by atoms with van der Waals surface area (Å²) in [6, 6.07) is 13.2. The number of carboxylic acids is 2. The fourth-order valence-corrected chi connectivity index (χ4v) is 2.06. The average molecular weight is 272 g/mol. The van der Waals surface area contributed by atoms with Crippen LogP contribution in [0.3, 0.4) is 0 Å². The van der Waals surface area contributed by atoms with Gasteiger partial charge in [0.2, 0.25) is 5.60 Å². The van der Waals surface area contributed by atoms with Crippen LogP contribution in [0.25, 0.3) is 0 Å². The molecule has 1 atom stereocenters. The molecule has 0 radical (unpaired) electrons. The maximum Gasteiger partial charge on any atom is 0.345 e. The number of aliphatic carboxylic acids is 1. The highest BCUT2D eigenvalue weighted by Crippen LogP contribution is 2.32. The molecule has 0 spiro atoms. The molecule has 5 nitrogen and oxygen atoms in total. The molecule has 3 N–H and O–H groups in total. The van der Waals surface area contributed by atoms with E-state index in [1.807, 2.05) is 0 Å². The third-order valence-electron chi connectivity index (χ3n) is 3.05. The zero-order valence-electron chi connectivity index (χ0n) is 10.4. The number of carbonyl (C=O) groups is 2. The van der Waals surface area contributed by atoms with Crippen LogP contribution in [-0.4, -0.2) is 27.3 Å². The van der Waals surface area contributed by atoms with Crippen molar-refractivity contribution >= 4 is 11.9 Å². The number of hydrogen-bond donors (Lipinski definition) is 3. The average Bonchev–Trinajstić information content (AvgIpc) is 2.47. The van der Waals surface area contributed by atoms with Gasteiger partial charge >= 0.3 is 11.9 Å². The Balaban J connectivity index is 2.73. The van der Waals surface area contributed by atoms with E-state index in [0.29, 0.717) is 0 Å². The van der Waals surface area contributed by atoms with E-state index in [-0.39, 0.29) is 16.7 Å². The van der Waals surface area contributed by atoms with Crippen molar-refractivity contribution < 1.29 is 24.9 Å². The summed E-state index contributed by atoms with van der Waals surface area (Å²) in [5, 5.41) is 29.2. The number of rotatable bonds is 4. The van der Waals surface area contributed by atoms with Crippen molar-refractivity contribution in [3.63, 3.8) is 0 Å². The Labute approximate surface area is 114 Å². The third-order valence-corrected chi connectivity index (χ3v) is 3.05. The van der Waals surface area contributed by atoms with Gasteiger partial charge in [-0.2, -0.15) is 0 Å². The molecule has 0 amide bonds. The van der Waals surface area contributed by atoms with E-state index in [2.05, 4.69) is 0 Å². The second kappa shape index (κ2) is 5.14. The summed E-state index contributed by atoms with van der Waals surface area (Å²) >= 11 is 0. The van der Waals surface area contributed by atoms with Gasteiger partial charge in [-0.15, -0.1) is 0 Å². The Kier molecular flexibility index (Phi) is 3.54. The van der Waals surface area contributed by atoms with Gasteiger partial charge in [-0.1, -0.05) is 48.5 Å². The highest BCUT2D eigenvalue weighted by molar-refractivity contribution is 5.94. The maximum atomic E-state index is 11.6. The summed E-state index contributed by atoms with van der Waals surface area (Å²) in [7, 11) is 0. The summed E-state index contributed by atoms with van der Waals surface area (Å²) in [6.07, 6.45) is 0. The first-order valence-electron chi connectivity index (χ1n) is 5.82. The molecule has 0 bridgehead atoms. The molecule has 102 valence electrons. The molecular weight excluding hydrogens is 260 g/mol. The fourth-order valence-electron chi connectivity index (χ4n) is 2.06. The first kappa shape index (κ1) is 13.8. The van der Waals surface area contributed by atoms with Crippen molar-refractivity contribution in [3.05, 3.63) is 71.3 Å². The van der Waals surface area contributed by atoms with Crippen molar-refractivity contribution in [2.24, 2.45) is 0 Å². The molecule has 20 heavy (non-hydrogen) atoms. The minimum Gasteiger partial charge on any atom is -0.479 e. The molecule has 0 saturated carbocycles. The summed E-state index contributed by atoms with van der Waals surface area (Å²) in [4.78, 5) is 22.8. The Morgan fingerprint density at radius 1 is 0.850 bits per heavy atom. The first-order chi connectivity index (χ1) is 9.48. The minimum atomic E-state index is -2.41. The lowest BCUT2D eigenvalue weighted by Crippen LogP contribution is -2.38. The molecule has 2 rings (SSSR count). The van der Waals surface area contributed by atoms with Gasteiger partial charge in [0.25, 0.3) is 0 Å². The molecule has 2 aromatic carbocycles. The van der Waals surface area contributed by atoms with E-state index in [0.717, 1.165) is 0 Å². The second-order valence-corrected chi connectivity index (χ2v) is 4.23. The zero-order chi connectivity index (χ0) is 14.8. The number of carboxylic acid groups (broad SMARTS) is 2. The SMILES string of the molecule is O=C(O)c1ccccc1C(O)(C(=O)O)c1ccccc1. The number of hydrogen-bond acceptors (Lipinski definition) is 3. The van der Waals surface area contributed by atoms with E-state index in [1.54, 1.807) is 18.2 Å². The topological polar surface area (TPSA) is 94.8 Å². The molecule has 0 fully saturated rings. The zero-order valence-corrected chi connectivity index (χ0v) is 10.4. The molecule has 0 aliphatic carbocycles. The van der Waals surface area contributed by atoms with E-state index in [1.165, 1.54) is 36.4 Å². The third kappa shape index (κ3) is 2.15. The highest BCUT2D eigenvalue weighted by atomic mass is 16.4. The van der Waals surface area contributed by atoms with Gasteiger partial charge in [0.1, 0.15) is 0 Å². The van der Waals surface area contributed by atoms with Crippen LogP contribution in [0.2, 0.25) is 0 Å². The van der Waals surface area contributed by atoms with Crippen LogP contribution in [0.5, 0.6) is 0 Å². The number of aromatic carboxylic acids is 1. The van der Waals surface area contributed by atoms with Crippen LogP contribution in [-0.2, 0) is 10.4 Å². The Morgan fingerprint density at radius 3 is 1.95 bits per heavy atom. The van der Waals surface area contributed by atoms with Gasteiger partial charge < -0.3 is 15.3 Å². The van der Waals surface area contributed by atoms with Crippen LogP contribution in [0, 0.1) is 0 Å². The highest BCUT2D eigenvalue weighted by Gasteiger charge is 2.42. The van der Waals surface area contributed by atoms with Gasteiger partial charge in [0.15, 0.2) is 0 Å². The molecule has 2 aromatic rings. The van der Waals surface area contributed by atoms with E-state index in [4.69, 9.17) is 5.11 Å². The van der Waals surface area contributed by atoms with E-state index < -0.39 is 17.5 Å². The van der Waals surface area contributed by atoms with E-state index in [9.17, 15) is 19.8 Å². The van der Waals surface area contributed by atoms with Crippen molar-refractivity contribution in [2.75, 3.05) is 0 Å². The molecule has 1 unspecified atom stereocenters. The predicted molar refractivity (Wildman–Crippen MR) is 70.5 cm³/mol. The van der Waals surface area contributed by atoms with Crippen molar-refractivity contribution in [3.8, 4) is 0 Å². The van der Waals surface area contributed by atoms with E-state index >= 15 is 0 Å². The smallest absolute Gasteiger partial charge is 0.345 e. The normalized spacial score (nSPS) is 13.4. The van der Waals surface area contributed by atoms with Crippen LogP contribution < -0.4 is 0 Å². The Bertz CT molecular complexity index is 650. The quantitative estimate of drug-likeness (QED) is 0.787. The standard InChI is InChI=1S/C15H12O5/c16-13(17)11-8-4-5-9-12(11)15(20,14(18)19)10-6-2-1-3-7-10/h1-9,20H,(H,16,17)(H,18,19). The Morgan fingerprint density at radius 2 is 1.40 bits per heavy atom. The van der Waals surface area contributed by atoms with Crippen molar-refractivity contribution in [2.45, 2.75) is 5.60 Å². The molecule has 5 heteroatoms. The lowest BCUT2D eigenvalue weighted by molar-refractivity contribution is -0.155. The summed E-state index contributed by atoms with van der Waals surface area (Å²) in [5.74, 6) is -2.83. The first-order valence-corrected chi connectivity index (χ1v) is 5.82. The van der Waals surface area contributed by atoms with Crippen molar-refractivity contribution in [1.82, 2.24) is 0 Å². The predicted octanol–water partition coefficient (Wildman–Crippen LogP) is 1.71. The van der Waals surface area contributed by atoms with Gasteiger partial charge in [-0.25, -0.2) is 9.59 Å². The largest absolute Gasteiger partial charge is 0.479 e. The molecule has 0 aromatic heterocycles. The molecule has 0 aliphatic rings. The van der Waals surface area contributed by atoms with Gasteiger partial charge in [0.05, 0.1) is 5.56 Å². The lowest BCUT2D eigenvalue weighted by Gasteiger charge is -2.25. The minimum absolute atomic E-state index is 0.0983. The van der Waals surface area contributed by atoms with Crippen molar-refractivity contribution in [1.29, 1.82) is 0 Å². The molecule has 0 aliphatic heterocycles. The molecule has 0 saturated heterocycles. The summed E-state index contributed by atoms with van der Waals surface area (Å²) in [5.41, 5.74) is -2.73. The summed E-state index contributed by atoms with van der Waals surface area (Å²) < 4.78 is 0. The Hall–Kier alpha value is -2.66. The van der Waals surface area contributed by atoms with Crippen LogP contribution >= 0.6 is 0 Å². The summed E-state index contributed by atoms with van der Waals surface area (Å²) in [6.45, 7) is 0. The van der Waals surface area contributed by atoms with Crippen LogP contribution in [0.4, 0.5) is 0 Å². The van der Waals surface area contributed by atoms with Gasteiger partial charge in [-0.05, 0) is 11.6 Å². The lowest BCUT2D eigenvalue weighted by atomic mass is 9.83. The fraction of sp³-hybridized carbons (Fsp3) is 0.0667. The maximum absolute atomic E-state index is 11.6. The second-order valence-electron chi connectivity index (χ2n) is 4.23. The number of aliphatic hydroxyl groups is 1. The molecular formula is C15H12O5. The monoisotopic (exact) mass is 272 g/mol. The van der Waals surface area contributed by atoms with Crippen LogP contribution in [0.1, 0.15) is 21.5 Å². The molecule has 0 heterocycles.